The van der Waals surface area contributed by atoms with E-state index in [0.29, 0.717) is 19.6 Å². The van der Waals surface area contributed by atoms with Crippen molar-refractivity contribution in [2.45, 2.75) is 31.9 Å². The number of hydrogen-bond donors (Lipinski definition) is 1. The molecule has 138 valence electrons. The lowest BCUT2D eigenvalue weighted by atomic mass is 10.1. The van der Waals surface area contributed by atoms with E-state index >= 15 is 0 Å². The maximum Gasteiger partial charge on any atom is 0.317 e. The molecule has 7 nitrogen and oxygen atoms in total. The van der Waals surface area contributed by atoms with E-state index in [4.69, 9.17) is 4.74 Å². The van der Waals surface area contributed by atoms with Gasteiger partial charge in [0, 0.05) is 26.1 Å². The highest BCUT2D eigenvalue weighted by atomic mass is 32.1. The molecule has 1 aromatic heterocycles. The number of carbonyl (C=O) groups excluding carboxylic acids is 2. The highest BCUT2D eigenvalue weighted by Crippen LogP contribution is 2.29. The number of rotatable bonds is 3. The monoisotopic (exact) mass is 374 g/mol. The van der Waals surface area contributed by atoms with E-state index < -0.39 is 0 Å². The van der Waals surface area contributed by atoms with Crippen LogP contribution in [-0.2, 0) is 4.79 Å². The molecule has 4 rings (SSSR count). The molecule has 3 amide bonds. The minimum absolute atomic E-state index is 0.00637. The Balaban J connectivity index is 1.27. The van der Waals surface area contributed by atoms with Gasteiger partial charge in [-0.1, -0.05) is 6.07 Å². The zero-order chi connectivity index (χ0) is 18.1. The first-order valence-electron chi connectivity index (χ1n) is 8.90. The first kappa shape index (κ1) is 17.1. The largest absolute Gasteiger partial charge is 0.484 e. The second kappa shape index (κ2) is 7.11. The van der Waals surface area contributed by atoms with Gasteiger partial charge in [0.25, 0.3) is 0 Å². The number of nitrogens with one attached hydrogen (secondary N) is 1. The molecule has 0 spiro atoms. The summed E-state index contributed by atoms with van der Waals surface area (Å²) in [6, 6.07) is 5.86. The van der Waals surface area contributed by atoms with Crippen molar-refractivity contribution in [1.29, 1.82) is 0 Å². The third-order valence-corrected chi connectivity index (χ3v) is 5.74. The zero-order valence-corrected chi connectivity index (χ0v) is 15.5. The molecule has 1 atom stereocenters. The molecule has 8 heteroatoms. The van der Waals surface area contributed by atoms with E-state index in [1.54, 1.807) is 28.1 Å². The van der Waals surface area contributed by atoms with E-state index in [9.17, 15) is 9.59 Å². The van der Waals surface area contributed by atoms with Crippen LogP contribution >= 0.6 is 11.3 Å². The number of fused-ring (bicyclic) bond motifs is 1. The summed E-state index contributed by atoms with van der Waals surface area (Å²) in [4.78, 5) is 31.8. The fourth-order valence-electron chi connectivity index (χ4n) is 3.46. The summed E-state index contributed by atoms with van der Waals surface area (Å²) in [5, 5.41) is 3.04. The van der Waals surface area contributed by atoms with Gasteiger partial charge in [0.15, 0.2) is 0 Å². The average molecular weight is 374 g/mol. The Morgan fingerprint density at radius 3 is 2.92 bits per heavy atom. The summed E-state index contributed by atoms with van der Waals surface area (Å²) in [6.45, 7) is 4.08. The van der Waals surface area contributed by atoms with Gasteiger partial charge in [-0.05, 0) is 25.0 Å². The van der Waals surface area contributed by atoms with Crippen LogP contribution in [0.3, 0.4) is 0 Å². The SMILES string of the molecule is CC(=O)N1CCCC(NC(=O)N2CC(Oc3cccc4scnc34)C2)C1. The summed E-state index contributed by atoms with van der Waals surface area (Å²) < 4.78 is 7.11. The van der Waals surface area contributed by atoms with Gasteiger partial charge in [0.1, 0.15) is 17.4 Å². The molecular formula is C18H22N4O3S. The quantitative estimate of drug-likeness (QED) is 0.893. The molecule has 1 aromatic carbocycles. The number of carbonyl (C=O) groups is 2. The summed E-state index contributed by atoms with van der Waals surface area (Å²) in [7, 11) is 0. The predicted molar refractivity (Wildman–Crippen MR) is 99.4 cm³/mol. The molecule has 2 aliphatic rings. The van der Waals surface area contributed by atoms with Crippen molar-refractivity contribution >= 4 is 33.5 Å². The highest BCUT2D eigenvalue weighted by Gasteiger charge is 2.34. The summed E-state index contributed by atoms with van der Waals surface area (Å²) in [6.07, 6.45) is 1.83. The lowest BCUT2D eigenvalue weighted by molar-refractivity contribution is -0.130. The first-order valence-corrected chi connectivity index (χ1v) is 9.78. The number of urea groups is 1. The molecule has 0 bridgehead atoms. The van der Waals surface area contributed by atoms with E-state index in [1.807, 2.05) is 23.7 Å². The first-order chi connectivity index (χ1) is 12.6. The third-order valence-electron chi connectivity index (χ3n) is 4.95. The maximum atomic E-state index is 12.4. The molecule has 0 radical (unpaired) electrons. The van der Waals surface area contributed by atoms with Gasteiger partial charge in [-0.2, -0.15) is 0 Å². The van der Waals surface area contributed by atoms with Crippen molar-refractivity contribution in [1.82, 2.24) is 20.1 Å². The Morgan fingerprint density at radius 1 is 1.27 bits per heavy atom. The second-order valence-electron chi connectivity index (χ2n) is 6.85. The topological polar surface area (TPSA) is 74.8 Å². The van der Waals surface area contributed by atoms with Crippen LogP contribution in [0.25, 0.3) is 10.2 Å². The highest BCUT2D eigenvalue weighted by molar-refractivity contribution is 7.16. The van der Waals surface area contributed by atoms with Gasteiger partial charge in [0.05, 0.1) is 23.3 Å². The molecule has 1 N–H and O–H groups in total. The molecule has 2 aliphatic heterocycles. The van der Waals surface area contributed by atoms with Gasteiger partial charge in [-0.3, -0.25) is 4.79 Å². The van der Waals surface area contributed by atoms with Crippen molar-refractivity contribution in [2.24, 2.45) is 0 Å². The lowest BCUT2D eigenvalue weighted by Crippen LogP contribution is -2.61. The Bertz CT molecular complexity index is 818. The Labute approximate surface area is 155 Å². The van der Waals surface area contributed by atoms with Crippen LogP contribution in [0.1, 0.15) is 19.8 Å². The van der Waals surface area contributed by atoms with Crippen LogP contribution in [0.2, 0.25) is 0 Å². The lowest BCUT2D eigenvalue weighted by Gasteiger charge is -2.40. The molecule has 2 saturated heterocycles. The van der Waals surface area contributed by atoms with E-state index in [-0.39, 0.29) is 24.1 Å². The number of amides is 3. The van der Waals surface area contributed by atoms with Crippen molar-refractivity contribution < 1.29 is 14.3 Å². The molecule has 26 heavy (non-hydrogen) atoms. The van der Waals surface area contributed by atoms with Crippen molar-refractivity contribution in [3.63, 3.8) is 0 Å². The Hall–Kier alpha value is -2.35. The molecule has 1 unspecified atom stereocenters. The minimum Gasteiger partial charge on any atom is -0.484 e. The smallest absolute Gasteiger partial charge is 0.317 e. The van der Waals surface area contributed by atoms with Gasteiger partial charge in [-0.15, -0.1) is 11.3 Å². The second-order valence-corrected chi connectivity index (χ2v) is 7.74. The molecular weight excluding hydrogens is 352 g/mol. The predicted octanol–water partition coefficient (Wildman–Crippen LogP) is 2.08. The normalized spacial score (nSPS) is 20.7. The minimum atomic E-state index is -0.0767. The number of ether oxygens (including phenoxy) is 1. The number of aromatic nitrogens is 1. The maximum absolute atomic E-state index is 12.4. The van der Waals surface area contributed by atoms with Crippen molar-refractivity contribution in [3.8, 4) is 5.75 Å². The number of thiazole rings is 1. The summed E-state index contributed by atoms with van der Waals surface area (Å²) >= 11 is 1.59. The van der Waals surface area contributed by atoms with E-state index in [0.717, 1.165) is 35.4 Å². The number of likely N-dealkylation sites (tertiary alicyclic amines) is 2. The Morgan fingerprint density at radius 2 is 2.12 bits per heavy atom. The molecule has 2 aromatic rings. The number of benzene rings is 1. The zero-order valence-electron chi connectivity index (χ0n) is 14.7. The van der Waals surface area contributed by atoms with Gasteiger partial charge < -0.3 is 19.9 Å². The van der Waals surface area contributed by atoms with Gasteiger partial charge in [-0.25, -0.2) is 9.78 Å². The van der Waals surface area contributed by atoms with Crippen LogP contribution in [0.15, 0.2) is 23.7 Å². The van der Waals surface area contributed by atoms with Crippen molar-refractivity contribution in [2.75, 3.05) is 26.2 Å². The van der Waals surface area contributed by atoms with Gasteiger partial charge in [0.2, 0.25) is 5.91 Å². The standard InChI is InChI=1S/C18H22N4O3S/c1-12(23)21-7-3-4-13(8-21)20-18(24)22-9-14(10-22)25-15-5-2-6-16-17(15)19-11-26-16/h2,5-6,11,13-14H,3-4,7-10H2,1H3,(H,20,24). The van der Waals surface area contributed by atoms with E-state index in [1.165, 1.54) is 0 Å². The summed E-state index contributed by atoms with van der Waals surface area (Å²) in [5.74, 6) is 0.843. The Kier molecular flexibility index (Phi) is 4.67. The number of hydrogen-bond acceptors (Lipinski definition) is 5. The molecule has 0 saturated carbocycles. The third kappa shape index (κ3) is 3.46. The van der Waals surface area contributed by atoms with Crippen LogP contribution in [0.5, 0.6) is 5.75 Å². The van der Waals surface area contributed by atoms with Crippen molar-refractivity contribution in [3.05, 3.63) is 23.7 Å². The van der Waals surface area contributed by atoms with Crippen LogP contribution < -0.4 is 10.1 Å². The number of piperidine rings is 1. The van der Waals surface area contributed by atoms with E-state index in [2.05, 4.69) is 10.3 Å². The fourth-order valence-corrected chi connectivity index (χ4v) is 4.15. The van der Waals surface area contributed by atoms with Crippen LogP contribution in [-0.4, -0.2) is 65.0 Å². The van der Waals surface area contributed by atoms with Crippen LogP contribution in [0, 0.1) is 0 Å². The number of para-hydroxylation sites is 1. The molecule has 2 fully saturated rings. The van der Waals surface area contributed by atoms with Crippen LogP contribution in [0.4, 0.5) is 4.79 Å². The number of nitrogens with zero attached hydrogens (tertiary/aromatic N) is 3. The average Bonchev–Trinajstić information content (AvgIpc) is 3.07. The fraction of sp³-hybridized carbons (Fsp3) is 0.500. The molecule has 3 heterocycles. The summed E-state index contributed by atoms with van der Waals surface area (Å²) in [5.41, 5.74) is 2.69. The molecule has 0 aliphatic carbocycles. The van der Waals surface area contributed by atoms with Gasteiger partial charge >= 0.3 is 6.03 Å².